The highest BCUT2D eigenvalue weighted by atomic mass is 32.2. The number of sulfonamides is 1. The summed E-state index contributed by atoms with van der Waals surface area (Å²) in [7, 11) is -3.29. The van der Waals surface area contributed by atoms with Crippen molar-refractivity contribution >= 4 is 27.0 Å². The highest BCUT2D eigenvalue weighted by Crippen LogP contribution is 2.33. The van der Waals surface area contributed by atoms with Crippen LogP contribution in [0.25, 0.3) is 21.8 Å². The van der Waals surface area contributed by atoms with E-state index < -0.39 is 10.0 Å². The summed E-state index contributed by atoms with van der Waals surface area (Å²) in [6, 6.07) is 13.3. The number of anilines is 1. The lowest BCUT2D eigenvalue weighted by atomic mass is 10.1. The number of rotatable bonds is 4. The molecule has 2 aromatic carbocycles. The third-order valence-corrected chi connectivity index (χ3v) is 4.98. The number of thiazole rings is 1. The van der Waals surface area contributed by atoms with Crippen LogP contribution in [0.2, 0.25) is 0 Å². The fourth-order valence-corrected chi connectivity index (χ4v) is 3.80. The molecule has 3 aromatic rings. The minimum absolute atomic E-state index is 0.277. The van der Waals surface area contributed by atoms with Crippen LogP contribution in [-0.4, -0.2) is 19.7 Å². The van der Waals surface area contributed by atoms with Crippen molar-refractivity contribution in [1.29, 1.82) is 0 Å². The Morgan fingerprint density at radius 2 is 1.58 bits per heavy atom. The molecule has 1 heterocycles. The Balaban J connectivity index is 1.91. The molecule has 0 aliphatic rings. The number of benzene rings is 2. The van der Waals surface area contributed by atoms with Crippen molar-refractivity contribution in [3.05, 3.63) is 59.2 Å². The van der Waals surface area contributed by atoms with E-state index in [2.05, 4.69) is 9.71 Å². The van der Waals surface area contributed by atoms with Crippen molar-refractivity contribution in [2.24, 2.45) is 0 Å². The predicted molar refractivity (Wildman–Crippen MR) is 96.1 cm³/mol. The van der Waals surface area contributed by atoms with Gasteiger partial charge in [-0.2, -0.15) is 0 Å². The Morgan fingerprint density at radius 3 is 2.17 bits per heavy atom. The number of nitrogens with zero attached hydrogens (tertiary/aromatic N) is 1. The third-order valence-electron chi connectivity index (χ3n) is 3.35. The van der Waals surface area contributed by atoms with Gasteiger partial charge in [0, 0.05) is 21.7 Å². The first-order valence-electron chi connectivity index (χ1n) is 7.13. The first kappa shape index (κ1) is 16.6. The minimum Gasteiger partial charge on any atom is -0.284 e. The van der Waals surface area contributed by atoms with Gasteiger partial charge in [-0.05, 0) is 43.3 Å². The molecule has 3 rings (SSSR count). The van der Waals surface area contributed by atoms with Gasteiger partial charge < -0.3 is 0 Å². The van der Waals surface area contributed by atoms with E-state index in [1.165, 1.54) is 23.5 Å². The molecule has 7 heteroatoms. The normalized spacial score (nSPS) is 11.5. The SMILES string of the molecule is Cc1sc(-c2ccc(F)cc2)nc1-c1ccc(NS(C)(=O)=O)cc1. The molecule has 0 aliphatic heterocycles. The summed E-state index contributed by atoms with van der Waals surface area (Å²) in [5.74, 6) is -0.277. The van der Waals surface area contributed by atoms with Crippen LogP contribution in [0.3, 0.4) is 0 Å². The largest absolute Gasteiger partial charge is 0.284 e. The molecular weight excluding hydrogens is 347 g/mol. The summed E-state index contributed by atoms with van der Waals surface area (Å²) in [6.45, 7) is 1.97. The van der Waals surface area contributed by atoms with Crippen LogP contribution in [0.1, 0.15) is 4.88 Å². The lowest BCUT2D eigenvalue weighted by molar-refractivity contribution is 0.607. The zero-order chi connectivity index (χ0) is 17.3. The molecule has 0 atom stereocenters. The van der Waals surface area contributed by atoms with Gasteiger partial charge in [-0.3, -0.25) is 4.72 Å². The number of hydrogen-bond acceptors (Lipinski definition) is 4. The molecule has 0 bridgehead atoms. The molecule has 1 N–H and O–H groups in total. The molecule has 0 aliphatic carbocycles. The van der Waals surface area contributed by atoms with Crippen LogP contribution >= 0.6 is 11.3 Å². The second kappa shape index (κ2) is 6.33. The summed E-state index contributed by atoms with van der Waals surface area (Å²) in [5, 5.41) is 0.820. The monoisotopic (exact) mass is 362 g/mol. The van der Waals surface area contributed by atoms with E-state index in [-0.39, 0.29) is 5.82 Å². The molecule has 0 unspecified atom stereocenters. The van der Waals surface area contributed by atoms with Gasteiger partial charge in [0.1, 0.15) is 10.8 Å². The summed E-state index contributed by atoms with van der Waals surface area (Å²) in [4.78, 5) is 5.68. The summed E-state index contributed by atoms with van der Waals surface area (Å²) >= 11 is 1.54. The molecule has 4 nitrogen and oxygen atoms in total. The number of aromatic nitrogens is 1. The maximum atomic E-state index is 13.0. The standard InChI is InChI=1S/C17H15FN2O2S2/c1-11-16(12-5-9-15(10-6-12)20-24(2,21)22)19-17(23-11)13-3-7-14(18)8-4-13/h3-10,20H,1-2H3. The first-order chi connectivity index (χ1) is 11.3. The fourth-order valence-electron chi connectivity index (χ4n) is 2.29. The number of nitrogens with one attached hydrogen (secondary N) is 1. The van der Waals surface area contributed by atoms with Crippen LogP contribution in [0.4, 0.5) is 10.1 Å². The van der Waals surface area contributed by atoms with E-state index in [9.17, 15) is 12.8 Å². The second-order valence-corrected chi connectivity index (χ2v) is 8.33. The van der Waals surface area contributed by atoms with Gasteiger partial charge >= 0.3 is 0 Å². The van der Waals surface area contributed by atoms with E-state index in [4.69, 9.17) is 0 Å². The molecular formula is C17H15FN2O2S2. The van der Waals surface area contributed by atoms with Gasteiger partial charge in [0.05, 0.1) is 11.9 Å². The Bertz CT molecular complexity index is 963. The number of halogens is 1. The third kappa shape index (κ3) is 3.80. The van der Waals surface area contributed by atoms with Crippen molar-refractivity contribution in [1.82, 2.24) is 4.98 Å². The van der Waals surface area contributed by atoms with Crippen molar-refractivity contribution in [3.8, 4) is 21.8 Å². The van der Waals surface area contributed by atoms with Gasteiger partial charge in [0.25, 0.3) is 0 Å². The minimum atomic E-state index is -3.29. The second-order valence-electron chi connectivity index (χ2n) is 5.38. The van der Waals surface area contributed by atoms with Gasteiger partial charge in [-0.25, -0.2) is 17.8 Å². The average Bonchev–Trinajstić information content (AvgIpc) is 2.89. The smallest absolute Gasteiger partial charge is 0.229 e. The van der Waals surface area contributed by atoms with Gasteiger partial charge in [-0.15, -0.1) is 11.3 Å². The zero-order valence-electron chi connectivity index (χ0n) is 13.1. The lowest BCUT2D eigenvalue weighted by Crippen LogP contribution is -2.09. The van der Waals surface area contributed by atoms with E-state index in [0.717, 1.165) is 33.0 Å². The Hall–Kier alpha value is -2.25. The predicted octanol–water partition coefficient (Wildman–Crippen LogP) is 4.30. The Morgan fingerprint density at radius 1 is 1.00 bits per heavy atom. The summed E-state index contributed by atoms with van der Waals surface area (Å²) < 4.78 is 38.0. The summed E-state index contributed by atoms with van der Waals surface area (Å²) in [6.07, 6.45) is 1.11. The van der Waals surface area contributed by atoms with Crippen LogP contribution < -0.4 is 4.72 Å². The highest BCUT2D eigenvalue weighted by Gasteiger charge is 2.12. The van der Waals surface area contributed by atoms with Gasteiger partial charge in [0.15, 0.2) is 0 Å². The molecule has 24 heavy (non-hydrogen) atoms. The zero-order valence-corrected chi connectivity index (χ0v) is 14.7. The number of hydrogen-bond donors (Lipinski definition) is 1. The maximum absolute atomic E-state index is 13.0. The average molecular weight is 362 g/mol. The topological polar surface area (TPSA) is 59.1 Å². The van der Waals surface area contributed by atoms with Crippen molar-refractivity contribution in [2.75, 3.05) is 11.0 Å². The molecule has 124 valence electrons. The molecule has 0 spiro atoms. The van der Waals surface area contributed by atoms with Crippen LogP contribution in [0.15, 0.2) is 48.5 Å². The quantitative estimate of drug-likeness (QED) is 0.753. The molecule has 0 fully saturated rings. The fraction of sp³-hybridized carbons (Fsp3) is 0.118. The maximum Gasteiger partial charge on any atom is 0.229 e. The van der Waals surface area contributed by atoms with Crippen molar-refractivity contribution in [3.63, 3.8) is 0 Å². The van der Waals surface area contributed by atoms with Crippen molar-refractivity contribution in [2.45, 2.75) is 6.92 Å². The molecule has 0 saturated heterocycles. The molecule has 0 radical (unpaired) electrons. The Kier molecular flexibility index (Phi) is 4.38. The lowest BCUT2D eigenvalue weighted by Gasteiger charge is -2.04. The molecule has 0 saturated carbocycles. The van der Waals surface area contributed by atoms with E-state index >= 15 is 0 Å². The van der Waals surface area contributed by atoms with Crippen LogP contribution in [0.5, 0.6) is 0 Å². The first-order valence-corrected chi connectivity index (χ1v) is 9.84. The molecule has 0 amide bonds. The highest BCUT2D eigenvalue weighted by molar-refractivity contribution is 7.92. The van der Waals surface area contributed by atoms with Crippen LogP contribution in [-0.2, 0) is 10.0 Å². The van der Waals surface area contributed by atoms with E-state index in [1.54, 1.807) is 24.3 Å². The molecule has 1 aromatic heterocycles. The summed E-state index contributed by atoms with van der Waals surface area (Å²) in [5.41, 5.74) is 3.11. The van der Waals surface area contributed by atoms with Crippen molar-refractivity contribution < 1.29 is 12.8 Å². The van der Waals surface area contributed by atoms with Gasteiger partial charge in [-0.1, -0.05) is 12.1 Å². The Labute approximate surface area is 144 Å². The van der Waals surface area contributed by atoms with E-state index in [1.807, 2.05) is 19.1 Å². The van der Waals surface area contributed by atoms with E-state index in [0.29, 0.717) is 5.69 Å². The number of aryl methyl sites for hydroxylation is 1. The van der Waals surface area contributed by atoms with Gasteiger partial charge in [0.2, 0.25) is 10.0 Å². The van der Waals surface area contributed by atoms with Crippen LogP contribution in [0, 0.1) is 12.7 Å².